The molecule has 1 aromatic rings. The predicted octanol–water partition coefficient (Wildman–Crippen LogP) is -0.706. The van der Waals surface area contributed by atoms with E-state index in [1.165, 1.54) is 25.3 Å². The van der Waals surface area contributed by atoms with Crippen molar-refractivity contribution in [2.24, 2.45) is 0 Å². The summed E-state index contributed by atoms with van der Waals surface area (Å²) < 4.78 is 10.0. The van der Waals surface area contributed by atoms with E-state index in [1.54, 1.807) is 0 Å². The third-order valence-corrected chi connectivity index (χ3v) is 4.10. The van der Waals surface area contributed by atoms with Crippen molar-refractivity contribution in [1.29, 1.82) is 0 Å². The number of benzene rings is 1. The number of nitrogens with zero attached hydrogens (tertiary/aromatic N) is 2. The molecule has 0 bridgehead atoms. The summed E-state index contributed by atoms with van der Waals surface area (Å²) in [5.74, 6) is -5.57. The number of carboxylic acid groups (broad SMARTS) is 4. The first-order valence-corrected chi connectivity index (χ1v) is 9.17. The minimum atomic E-state index is -1.26. The monoisotopic (exact) mass is 456 g/mol. The van der Waals surface area contributed by atoms with Crippen LogP contribution in [0.4, 0.5) is 0 Å². The number of hydrogen-bond acceptors (Lipinski definition) is 9. The van der Waals surface area contributed by atoms with Gasteiger partial charge in [-0.2, -0.15) is 0 Å². The van der Waals surface area contributed by atoms with Gasteiger partial charge in [-0.15, -0.1) is 0 Å². The maximum absolute atomic E-state index is 12.2. The first kappa shape index (κ1) is 26.3. The highest BCUT2D eigenvalue weighted by atomic mass is 16.5. The number of ether oxygens (including phenoxy) is 2. The molecule has 1 rings (SSSR count). The second kappa shape index (κ2) is 12.9. The van der Waals surface area contributed by atoms with Crippen molar-refractivity contribution in [2.45, 2.75) is 6.61 Å². The first-order chi connectivity index (χ1) is 15.0. The highest BCUT2D eigenvalue weighted by molar-refractivity contribution is 5.90. The van der Waals surface area contributed by atoms with E-state index < -0.39 is 56.0 Å². The first-order valence-electron chi connectivity index (χ1n) is 9.17. The van der Waals surface area contributed by atoms with Crippen molar-refractivity contribution in [2.75, 3.05) is 46.4 Å². The average molecular weight is 456 g/mol. The van der Waals surface area contributed by atoms with Crippen molar-refractivity contribution >= 4 is 29.8 Å². The summed E-state index contributed by atoms with van der Waals surface area (Å²) in [7, 11) is 1.37. The molecule has 0 fully saturated rings. The van der Waals surface area contributed by atoms with Crippen molar-refractivity contribution in [3.63, 3.8) is 0 Å². The van der Waals surface area contributed by atoms with Crippen LogP contribution < -0.4 is 4.74 Å². The number of aliphatic carboxylic acids is 3. The van der Waals surface area contributed by atoms with Crippen LogP contribution in [-0.2, 0) is 30.5 Å². The SMILES string of the molecule is COc1ccc(COC(=O)CN(CCN(CC(=O)O)CC(=O)O)CC(=O)O)c(C(=O)O)c1. The normalized spacial score (nSPS) is 10.7. The highest BCUT2D eigenvalue weighted by Gasteiger charge is 2.20. The van der Waals surface area contributed by atoms with Crippen LogP contribution in [0.1, 0.15) is 15.9 Å². The topological polar surface area (TPSA) is 191 Å². The number of carboxylic acids is 4. The zero-order valence-corrected chi connectivity index (χ0v) is 17.2. The predicted molar refractivity (Wildman–Crippen MR) is 106 cm³/mol. The van der Waals surface area contributed by atoms with E-state index in [-0.39, 0.29) is 30.8 Å². The molecule has 0 aliphatic rings. The Balaban J connectivity index is 2.76. The van der Waals surface area contributed by atoms with E-state index in [1.807, 2.05) is 0 Å². The Bertz CT molecular complexity index is 840. The maximum Gasteiger partial charge on any atom is 0.336 e. The molecular formula is C19H24N2O11. The van der Waals surface area contributed by atoms with Gasteiger partial charge in [0.2, 0.25) is 0 Å². The van der Waals surface area contributed by atoms with Gasteiger partial charge in [0.25, 0.3) is 0 Å². The molecule has 0 unspecified atom stereocenters. The van der Waals surface area contributed by atoms with Crippen LogP contribution in [0.25, 0.3) is 0 Å². The molecule has 32 heavy (non-hydrogen) atoms. The van der Waals surface area contributed by atoms with Gasteiger partial charge in [-0.05, 0) is 12.1 Å². The van der Waals surface area contributed by atoms with Gasteiger partial charge < -0.3 is 29.9 Å². The lowest BCUT2D eigenvalue weighted by molar-refractivity contribution is -0.149. The lowest BCUT2D eigenvalue weighted by Gasteiger charge is -2.24. The van der Waals surface area contributed by atoms with Gasteiger partial charge in [-0.1, -0.05) is 6.07 Å². The van der Waals surface area contributed by atoms with Crippen LogP contribution in [0.3, 0.4) is 0 Å². The summed E-state index contributed by atoms with van der Waals surface area (Å²) in [4.78, 5) is 58.6. The van der Waals surface area contributed by atoms with Crippen LogP contribution in [0.2, 0.25) is 0 Å². The Kier molecular flexibility index (Phi) is 10.6. The third-order valence-electron chi connectivity index (χ3n) is 4.10. The minimum absolute atomic E-state index is 0.120. The van der Waals surface area contributed by atoms with Crippen LogP contribution in [-0.4, -0.2) is 106 Å². The van der Waals surface area contributed by atoms with E-state index in [4.69, 9.17) is 24.8 Å². The molecule has 13 nitrogen and oxygen atoms in total. The standard InChI is InChI=1S/C19H24N2O11/c1-31-13-3-2-12(14(6-13)19(29)30)11-32-18(28)10-21(9-17(26)27)5-4-20(7-15(22)23)8-16(24)25/h2-3,6H,4-5,7-11H2,1H3,(H,22,23)(H,24,25)(H,26,27)(H,29,30). The summed E-state index contributed by atoms with van der Waals surface area (Å²) in [6.07, 6.45) is 0. The molecule has 0 saturated heterocycles. The number of carbonyl (C=O) groups excluding carboxylic acids is 1. The van der Waals surface area contributed by atoms with E-state index in [2.05, 4.69) is 0 Å². The van der Waals surface area contributed by atoms with Gasteiger partial charge in [0, 0.05) is 18.7 Å². The van der Waals surface area contributed by atoms with E-state index in [9.17, 15) is 29.1 Å². The van der Waals surface area contributed by atoms with Crippen molar-refractivity contribution in [3.05, 3.63) is 29.3 Å². The molecular weight excluding hydrogens is 432 g/mol. The number of aromatic carboxylic acids is 1. The molecule has 1 aromatic carbocycles. The average Bonchev–Trinajstić information content (AvgIpc) is 2.68. The van der Waals surface area contributed by atoms with Crippen LogP contribution in [0, 0.1) is 0 Å². The van der Waals surface area contributed by atoms with E-state index in [0.29, 0.717) is 5.75 Å². The van der Waals surface area contributed by atoms with E-state index in [0.717, 1.165) is 9.80 Å². The van der Waals surface area contributed by atoms with Gasteiger partial charge in [-0.25, -0.2) is 4.79 Å². The molecule has 0 aromatic heterocycles. The largest absolute Gasteiger partial charge is 0.497 e. The molecule has 0 saturated carbocycles. The van der Waals surface area contributed by atoms with Gasteiger partial charge in [0.15, 0.2) is 0 Å². The molecule has 0 aliphatic carbocycles. The fourth-order valence-electron chi connectivity index (χ4n) is 2.68. The van der Waals surface area contributed by atoms with Gasteiger partial charge in [0.1, 0.15) is 12.4 Å². The summed E-state index contributed by atoms with van der Waals surface area (Å²) in [5, 5.41) is 36.0. The van der Waals surface area contributed by atoms with Crippen LogP contribution >= 0.6 is 0 Å². The molecule has 0 atom stereocenters. The Morgan fingerprint density at radius 1 is 0.812 bits per heavy atom. The third kappa shape index (κ3) is 9.86. The molecule has 0 amide bonds. The van der Waals surface area contributed by atoms with Gasteiger partial charge in [-0.3, -0.25) is 29.0 Å². The molecule has 176 valence electrons. The van der Waals surface area contributed by atoms with Gasteiger partial charge >= 0.3 is 29.8 Å². The molecule has 0 radical (unpaired) electrons. The quantitative estimate of drug-likeness (QED) is 0.242. The summed E-state index contributed by atoms with van der Waals surface area (Å²) in [6.45, 7) is -2.84. The Labute approximate surface area is 182 Å². The second-order valence-corrected chi connectivity index (χ2v) is 6.59. The smallest absolute Gasteiger partial charge is 0.336 e. The minimum Gasteiger partial charge on any atom is -0.497 e. The molecule has 0 aliphatic heterocycles. The molecule has 0 heterocycles. The van der Waals surface area contributed by atoms with Gasteiger partial charge in [0.05, 0.1) is 38.9 Å². The van der Waals surface area contributed by atoms with Crippen molar-refractivity contribution < 1.29 is 53.9 Å². The Hall–Kier alpha value is -3.71. The number of carbonyl (C=O) groups is 5. The van der Waals surface area contributed by atoms with E-state index >= 15 is 0 Å². The zero-order valence-electron chi connectivity index (χ0n) is 17.2. The summed E-state index contributed by atoms with van der Waals surface area (Å²) >= 11 is 0. The molecule has 13 heteroatoms. The maximum atomic E-state index is 12.2. The highest BCUT2D eigenvalue weighted by Crippen LogP contribution is 2.18. The number of esters is 1. The summed E-state index contributed by atoms with van der Waals surface area (Å²) in [5.41, 5.74) is 0.0723. The Morgan fingerprint density at radius 2 is 1.31 bits per heavy atom. The Morgan fingerprint density at radius 3 is 1.75 bits per heavy atom. The summed E-state index contributed by atoms with van der Waals surface area (Å²) in [6, 6.07) is 4.17. The van der Waals surface area contributed by atoms with Crippen LogP contribution in [0.5, 0.6) is 5.75 Å². The molecule has 0 spiro atoms. The van der Waals surface area contributed by atoms with Crippen molar-refractivity contribution in [1.82, 2.24) is 9.80 Å². The molecule has 4 N–H and O–H groups in total. The lowest BCUT2D eigenvalue weighted by atomic mass is 10.1. The lowest BCUT2D eigenvalue weighted by Crippen LogP contribution is -2.43. The fraction of sp³-hybridized carbons (Fsp3) is 0.421. The fourth-order valence-corrected chi connectivity index (χ4v) is 2.68. The van der Waals surface area contributed by atoms with Crippen molar-refractivity contribution in [3.8, 4) is 5.75 Å². The number of methoxy groups -OCH3 is 1. The van der Waals surface area contributed by atoms with Crippen LogP contribution in [0.15, 0.2) is 18.2 Å². The zero-order chi connectivity index (χ0) is 24.3. The second-order valence-electron chi connectivity index (χ2n) is 6.59. The number of hydrogen-bond donors (Lipinski definition) is 4. The number of rotatable bonds is 15.